The van der Waals surface area contributed by atoms with Gasteiger partial charge in [-0.1, -0.05) is 12.8 Å². The number of nitrogens with one attached hydrogen (secondary N) is 1. The van der Waals surface area contributed by atoms with E-state index in [1.54, 1.807) is 13.1 Å². The van der Waals surface area contributed by atoms with Gasteiger partial charge in [0.05, 0.1) is 0 Å². The van der Waals surface area contributed by atoms with Gasteiger partial charge in [-0.05, 0) is 43.7 Å². The Balaban J connectivity index is 1.77. The number of hydrogen-bond acceptors (Lipinski definition) is 4. The van der Waals surface area contributed by atoms with E-state index in [1.165, 1.54) is 25.7 Å². The minimum atomic E-state index is 0.0525. The minimum Gasteiger partial charge on any atom is -0.372 e. The van der Waals surface area contributed by atoms with E-state index in [-0.39, 0.29) is 5.91 Å². The van der Waals surface area contributed by atoms with Crippen LogP contribution in [0.3, 0.4) is 0 Å². The lowest BCUT2D eigenvalue weighted by Crippen LogP contribution is -2.49. The first-order valence-electron chi connectivity index (χ1n) is 7.62. The van der Waals surface area contributed by atoms with E-state index < -0.39 is 0 Å². The predicted molar refractivity (Wildman–Crippen MR) is 77.6 cm³/mol. The molecule has 0 bridgehead atoms. The van der Waals surface area contributed by atoms with Crippen molar-refractivity contribution in [1.29, 1.82) is 0 Å². The second kappa shape index (κ2) is 5.77. The zero-order valence-corrected chi connectivity index (χ0v) is 12.0. The largest absolute Gasteiger partial charge is 0.372 e. The molecule has 2 aliphatic rings. The van der Waals surface area contributed by atoms with Gasteiger partial charge in [0.2, 0.25) is 0 Å². The molecule has 0 unspecified atom stereocenters. The summed E-state index contributed by atoms with van der Waals surface area (Å²) >= 11 is 0. The Morgan fingerprint density at radius 2 is 2.00 bits per heavy atom. The summed E-state index contributed by atoms with van der Waals surface area (Å²) in [5.41, 5.74) is 0.468. The zero-order valence-electron chi connectivity index (χ0n) is 12.0. The van der Waals surface area contributed by atoms with Gasteiger partial charge in [-0.25, -0.2) is 0 Å². The second-order valence-electron chi connectivity index (χ2n) is 5.81. The number of likely N-dealkylation sites (tertiary alicyclic amines) is 1. The first-order valence-corrected chi connectivity index (χ1v) is 7.62. The molecule has 1 saturated carbocycles. The number of carbonyl (C=O) groups excluding carboxylic acids is 1. The van der Waals surface area contributed by atoms with Crippen LogP contribution >= 0.6 is 0 Å². The highest BCUT2D eigenvalue weighted by molar-refractivity contribution is 5.92. The third-order valence-electron chi connectivity index (χ3n) is 4.64. The summed E-state index contributed by atoms with van der Waals surface area (Å²) in [6.07, 6.45) is 7.39. The Morgan fingerprint density at radius 1 is 1.20 bits per heavy atom. The highest BCUT2D eigenvalue weighted by atomic mass is 16.2. The van der Waals surface area contributed by atoms with E-state index >= 15 is 0 Å². The molecule has 1 aliphatic carbocycles. The van der Waals surface area contributed by atoms with Gasteiger partial charge >= 0.3 is 0 Å². The number of nitrogens with zero attached hydrogens (tertiary/aromatic N) is 3. The van der Waals surface area contributed by atoms with Gasteiger partial charge in [-0.2, -0.15) is 0 Å². The second-order valence-corrected chi connectivity index (χ2v) is 5.81. The fraction of sp³-hybridized carbons (Fsp3) is 0.667. The molecule has 1 aromatic rings. The molecular weight excluding hydrogens is 252 g/mol. The Hall–Kier alpha value is -1.65. The van der Waals surface area contributed by atoms with E-state index in [0.717, 1.165) is 19.4 Å². The third-order valence-corrected chi connectivity index (χ3v) is 4.64. The number of hydrogen-bond donors (Lipinski definition) is 1. The van der Waals surface area contributed by atoms with Crippen molar-refractivity contribution in [2.45, 2.75) is 44.6 Å². The van der Waals surface area contributed by atoms with Crippen LogP contribution < -0.4 is 5.32 Å². The van der Waals surface area contributed by atoms with Crippen molar-refractivity contribution in [3.63, 3.8) is 0 Å². The lowest BCUT2D eigenvalue weighted by molar-refractivity contribution is 0.0384. The maximum Gasteiger partial charge on any atom is 0.274 e. The van der Waals surface area contributed by atoms with Crippen molar-refractivity contribution in [3.8, 4) is 0 Å². The van der Waals surface area contributed by atoms with Gasteiger partial charge in [-0.15, -0.1) is 10.2 Å². The zero-order chi connectivity index (χ0) is 13.9. The van der Waals surface area contributed by atoms with Gasteiger partial charge in [0.15, 0.2) is 5.69 Å². The van der Waals surface area contributed by atoms with Gasteiger partial charge in [-0.3, -0.25) is 4.79 Å². The summed E-state index contributed by atoms with van der Waals surface area (Å²) in [4.78, 5) is 14.7. The molecule has 2 atom stereocenters. The number of piperidine rings is 1. The highest BCUT2D eigenvalue weighted by Crippen LogP contribution is 2.35. The van der Waals surface area contributed by atoms with Crippen LogP contribution in [-0.4, -0.2) is 40.6 Å². The Bertz CT molecular complexity index is 471. The standard InChI is InChI=1S/C15H22N4O/c1-16-14-9-8-12(17-18-14)15(20)19-10-4-6-11-5-2-3-7-13(11)19/h8-9,11,13H,2-7,10H2,1H3,(H,16,18)/t11-,13-/m1/s1. The Labute approximate surface area is 119 Å². The van der Waals surface area contributed by atoms with Gasteiger partial charge in [0.1, 0.15) is 5.82 Å². The van der Waals surface area contributed by atoms with Crippen LogP contribution in [0.2, 0.25) is 0 Å². The molecule has 5 nitrogen and oxygen atoms in total. The first-order chi connectivity index (χ1) is 9.79. The van der Waals surface area contributed by atoms with Crippen LogP contribution in [0.4, 0.5) is 5.82 Å². The molecule has 3 rings (SSSR count). The van der Waals surface area contributed by atoms with Crippen molar-refractivity contribution >= 4 is 11.7 Å². The van der Waals surface area contributed by atoms with Crippen molar-refractivity contribution in [1.82, 2.24) is 15.1 Å². The number of fused-ring (bicyclic) bond motifs is 1. The van der Waals surface area contributed by atoms with E-state index in [9.17, 15) is 4.79 Å². The minimum absolute atomic E-state index is 0.0525. The number of carbonyl (C=O) groups is 1. The normalized spacial score (nSPS) is 25.9. The quantitative estimate of drug-likeness (QED) is 0.899. The van der Waals surface area contributed by atoms with Crippen molar-refractivity contribution in [2.24, 2.45) is 5.92 Å². The molecule has 5 heteroatoms. The first kappa shape index (κ1) is 13.3. The fourth-order valence-electron chi connectivity index (χ4n) is 3.60. The average molecular weight is 274 g/mol. The van der Waals surface area contributed by atoms with Crippen LogP contribution in [-0.2, 0) is 0 Å². The number of amides is 1. The molecule has 1 saturated heterocycles. The lowest BCUT2D eigenvalue weighted by Gasteiger charge is -2.43. The summed E-state index contributed by atoms with van der Waals surface area (Å²) in [5.74, 6) is 1.44. The van der Waals surface area contributed by atoms with Gasteiger partial charge < -0.3 is 10.2 Å². The van der Waals surface area contributed by atoms with Gasteiger partial charge in [0.25, 0.3) is 5.91 Å². The summed E-state index contributed by atoms with van der Waals surface area (Å²) < 4.78 is 0. The predicted octanol–water partition coefficient (Wildman–Crippen LogP) is 2.31. The molecule has 1 N–H and O–H groups in total. The SMILES string of the molecule is CNc1ccc(C(=O)N2CCC[C@H]3CCCC[C@H]32)nn1. The molecule has 0 aromatic carbocycles. The van der Waals surface area contributed by atoms with Crippen LogP contribution in [0.15, 0.2) is 12.1 Å². The average Bonchev–Trinajstić information content (AvgIpc) is 2.54. The maximum atomic E-state index is 12.7. The summed E-state index contributed by atoms with van der Waals surface area (Å²) in [5, 5.41) is 11.0. The van der Waals surface area contributed by atoms with Crippen LogP contribution in [0.5, 0.6) is 0 Å². The van der Waals surface area contributed by atoms with Crippen LogP contribution in [0.25, 0.3) is 0 Å². The monoisotopic (exact) mass is 274 g/mol. The fourth-order valence-corrected chi connectivity index (χ4v) is 3.60. The number of rotatable bonds is 2. The molecule has 2 fully saturated rings. The smallest absolute Gasteiger partial charge is 0.274 e. The molecule has 0 spiro atoms. The summed E-state index contributed by atoms with van der Waals surface area (Å²) in [6.45, 7) is 0.870. The van der Waals surface area contributed by atoms with Gasteiger partial charge in [0, 0.05) is 19.6 Å². The molecule has 1 aromatic heterocycles. The molecule has 1 amide bonds. The van der Waals surface area contributed by atoms with E-state index in [4.69, 9.17) is 0 Å². The van der Waals surface area contributed by atoms with E-state index in [0.29, 0.717) is 23.5 Å². The number of aromatic nitrogens is 2. The lowest BCUT2D eigenvalue weighted by atomic mass is 9.78. The van der Waals surface area contributed by atoms with Crippen LogP contribution in [0.1, 0.15) is 49.0 Å². The molecule has 20 heavy (non-hydrogen) atoms. The maximum absolute atomic E-state index is 12.7. The van der Waals surface area contributed by atoms with E-state index in [1.807, 2.05) is 6.07 Å². The van der Waals surface area contributed by atoms with Crippen LogP contribution in [0, 0.1) is 5.92 Å². The summed E-state index contributed by atoms with van der Waals surface area (Å²) in [7, 11) is 1.79. The molecule has 1 aliphatic heterocycles. The Kier molecular flexibility index (Phi) is 3.85. The number of anilines is 1. The summed E-state index contributed by atoms with van der Waals surface area (Å²) in [6, 6.07) is 4.01. The van der Waals surface area contributed by atoms with E-state index in [2.05, 4.69) is 20.4 Å². The van der Waals surface area contributed by atoms with Crippen molar-refractivity contribution in [3.05, 3.63) is 17.8 Å². The molecular formula is C15H22N4O. The van der Waals surface area contributed by atoms with Crippen molar-refractivity contribution < 1.29 is 4.79 Å². The Morgan fingerprint density at radius 3 is 2.75 bits per heavy atom. The van der Waals surface area contributed by atoms with Crippen molar-refractivity contribution in [2.75, 3.05) is 18.9 Å². The molecule has 108 valence electrons. The third kappa shape index (κ3) is 2.49. The topological polar surface area (TPSA) is 58.1 Å². The molecule has 2 heterocycles. The highest BCUT2D eigenvalue weighted by Gasteiger charge is 2.36. The molecule has 0 radical (unpaired) electrons.